The van der Waals surface area contributed by atoms with E-state index in [1.807, 2.05) is 37.3 Å². The number of rotatable bonds is 6. The molecule has 3 aromatic rings. The number of ether oxygens (including phenoxy) is 1. The quantitative estimate of drug-likeness (QED) is 0.554. The fourth-order valence-electron chi connectivity index (χ4n) is 3.76. The predicted molar refractivity (Wildman–Crippen MR) is 117 cm³/mol. The second-order valence-corrected chi connectivity index (χ2v) is 7.93. The predicted octanol–water partition coefficient (Wildman–Crippen LogP) is 5.90. The van der Waals surface area contributed by atoms with Crippen molar-refractivity contribution in [1.29, 1.82) is 0 Å². The first-order valence-corrected chi connectivity index (χ1v) is 10.4. The second kappa shape index (κ2) is 8.71. The van der Waals surface area contributed by atoms with Gasteiger partial charge < -0.3 is 10.1 Å². The first-order valence-electron chi connectivity index (χ1n) is 9.99. The molecule has 29 heavy (non-hydrogen) atoms. The van der Waals surface area contributed by atoms with E-state index in [4.69, 9.17) is 16.3 Å². The van der Waals surface area contributed by atoms with Crippen molar-refractivity contribution in [3.8, 4) is 5.75 Å². The number of fused-ring (bicyclic) bond motifs is 1. The van der Waals surface area contributed by atoms with Crippen LogP contribution >= 0.6 is 11.6 Å². The van der Waals surface area contributed by atoms with E-state index in [0.29, 0.717) is 22.9 Å². The number of nitrogens with one attached hydrogen (secondary N) is 1. The molecule has 0 saturated heterocycles. The first kappa shape index (κ1) is 19.5. The third-order valence-electron chi connectivity index (χ3n) is 5.39. The molecule has 1 aliphatic carbocycles. The number of benzene rings is 3. The lowest BCUT2D eigenvalue weighted by Gasteiger charge is -2.17. The van der Waals surface area contributed by atoms with Gasteiger partial charge in [-0.15, -0.1) is 0 Å². The van der Waals surface area contributed by atoms with Crippen molar-refractivity contribution in [3.63, 3.8) is 0 Å². The molecule has 1 N–H and O–H groups in total. The van der Waals surface area contributed by atoms with Gasteiger partial charge in [0.05, 0.1) is 11.6 Å². The van der Waals surface area contributed by atoms with E-state index >= 15 is 0 Å². The summed E-state index contributed by atoms with van der Waals surface area (Å²) < 4.78 is 5.93. The van der Waals surface area contributed by atoms with Crippen LogP contribution in [0.1, 0.15) is 52.0 Å². The summed E-state index contributed by atoms with van der Waals surface area (Å²) in [6.45, 7) is 2.40. The minimum Gasteiger partial charge on any atom is -0.488 e. The number of aryl methyl sites for hydroxylation is 2. The monoisotopic (exact) mass is 405 g/mol. The van der Waals surface area contributed by atoms with Gasteiger partial charge in [-0.1, -0.05) is 60.1 Å². The van der Waals surface area contributed by atoms with Crippen LogP contribution in [0.4, 0.5) is 0 Å². The Labute approximate surface area is 176 Å². The van der Waals surface area contributed by atoms with E-state index in [1.54, 1.807) is 18.2 Å². The maximum absolute atomic E-state index is 13.0. The fraction of sp³-hybridized carbons (Fsp3) is 0.240. The van der Waals surface area contributed by atoms with Gasteiger partial charge in [0.15, 0.2) is 0 Å². The lowest BCUT2D eigenvalue weighted by atomic mass is 10.0. The minimum atomic E-state index is -0.191. The highest BCUT2D eigenvalue weighted by molar-refractivity contribution is 6.31. The summed E-state index contributed by atoms with van der Waals surface area (Å²) in [4.78, 5) is 13.0. The van der Waals surface area contributed by atoms with Crippen LogP contribution in [0.15, 0.2) is 66.7 Å². The van der Waals surface area contributed by atoms with Gasteiger partial charge in [0.1, 0.15) is 12.4 Å². The molecule has 0 unspecified atom stereocenters. The third kappa shape index (κ3) is 4.63. The normalized spacial score (nSPS) is 13.6. The number of halogens is 1. The van der Waals surface area contributed by atoms with E-state index in [0.717, 1.165) is 24.0 Å². The number of amides is 1. The van der Waals surface area contributed by atoms with Crippen LogP contribution in [0.2, 0.25) is 5.02 Å². The van der Waals surface area contributed by atoms with E-state index in [9.17, 15) is 4.79 Å². The summed E-state index contributed by atoms with van der Waals surface area (Å²) in [5.74, 6) is 0.334. The second-order valence-electron chi connectivity index (χ2n) is 7.49. The molecule has 0 bridgehead atoms. The highest BCUT2D eigenvalue weighted by atomic mass is 35.5. The zero-order chi connectivity index (χ0) is 20.2. The van der Waals surface area contributed by atoms with Gasteiger partial charge in [0.25, 0.3) is 5.91 Å². The van der Waals surface area contributed by atoms with Crippen molar-refractivity contribution < 1.29 is 9.53 Å². The summed E-state index contributed by atoms with van der Waals surface area (Å²) in [6, 6.07) is 21.4. The average Bonchev–Trinajstić information content (AvgIpc) is 3.21. The third-order valence-corrected chi connectivity index (χ3v) is 5.63. The zero-order valence-corrected chi connectivity index (χ0v) is 17.2. The molecular formula is C25H24ClNO2. The lowest BCUT2D eigenvalue weighted by Crippen LogP contribution is -2.27. The minimum absolute atomic E-state index is 0.102. The maximum atomic E-state index is 13.0. The van der Waals surface area contributed by atoms with Crippen molar-refractivity contribution in [2.45, 2.75) is 38.8 Å². The smallest absolute Gasteiger partial charge is 0.255 e. The van der Waals surface area contributed by atoms with Crippen LogP contribution in [0.25, 0.3) is 0 Å². The molecule has 0 aliphatic heterocycles. The molecule has 0 heterocycles. The van der Waals surface area contributed by atoms with E-state index in [-0.39, 0.29) is 11.9 Å². The highest BCUT2D eigenvalue weighted by Crippen LogP contribution is 2.27. The SMILES string of the molecule is C[C@H](NC(=O)c1cc(Cl)ccc1OCc1ccccc1)c1ccc2c(c1)CCC2. The van der Waals surface area contributed by atoms with Gasteiger partial charge in [-0.2, -0.15) is 0 Å². The maximum Gasteiger partial charge on any atom is 0.255 e. The van der Waals surface area contributed by atoms with Crippen molar-refractivity contribution in [2.75, 3.05) is 0 Å². The summed E-state index contributed by atoms with van der Waals surface area (Å²) in [6.07, 6.45) is 3.49. The molecule has 148 valence electrons. The molecular weight excluding hydrogens is 382 g/mol. The van der Waals surface area contributed by atoms with Gasteiger partial charge in [-0.25, -0.2) is 0 Å². The highest BCUT2D eigenvalue weighted by Gasteiger charge is 2.18. The molecule has 4 heteroatoms. The molecule has 1 aliphatic rings. The Morgan fingerprint density at radius 2 is 1.83 bits per heavy atom. The van der Waals surface area contributed by atoms with Crippen LogP contribution in [-0.2, 0) is 19.4 Å². The summed E-state index contributed by atoms with van der Waals surface area (Å²) >= 11 is 6.16. The van der Waals surface area contributed by atoms with Crippen LogP contribution in [0, 0.1) is 0 Å². The van der Waals surface area contributed by atoms with Gasteiger partial charge in [0, 0.05) is 5.02 Å². The largest absolute Gasteiger partial charge is 0.488 e. The molecule has 0 fully saturated rings. The molecule has 0 spiro atoms. The molecule has 3 nitrogen and oxygen atoms in total. The fourth-order valence-corrected chi connectivity index (χ4v) is 3.93. The molecule has 1 amide bonds. The summed E-state index contributed by atoms with van der Waals surface area (Å²) in [5.41, 5.74) is 5.44. The van der Waals surface area contributed by atoms with Gasteiger partial charge in [-0.3, -0.25) is 4.79 Å². The Kier molecular flexibility index (Phi) is 5.86. The average molecular weight is 406 g/mol. The Balaban J connectivity index is 1.49. The van der Waals surface area contributed by atoms with Crippen molar-refractivity contribution in [2.24, 2.45) is 0 Å². The topological polar surface area (TPSA) is 38.3 Å². The van der Waals surface area contributed by atoms with Gasteiger partial charge >= 0.3 is 0 Å². The summed E-state index contributed by atoms with van der Waals surface area (Å²) in [5, 5.41) is 3.60. The molecule has 4 rings (SSSR count). The Bertz CT molecular complexity index is 1020. The van der Waals surface area contributed by atoms with E-state index in [1.165, 1.54) is 17.5 Å². The molecule has 3 aromatic carbocycles. The number of hydrogen-bond donors (Lipinski definition) is 1. The van der Waals surface area contributed by atoms with Crippen LogP contribution in [0.3, 0.4) is 0 Å². The Morgan fingerprint density at radius 1 is 1.03 bits per heavy atom. The summed E-state index contributed by atoms with van der Waals surface area (Å²) in [7, 11) is 0. The van der Waals surface area contributed by atoms with Crippen molar-refractivity contribution in [3.05, 3.63) is 99.6 Å². The molecule has 0 saturated carbocycles. The Hall–Kier alpha value is -2.78. The van der Waals surface area contributed by atoms with E-state index < -0.39 is 0 Å². The van der Waals surface area contributed by atoms with E-state index in [2.05, 4.69) is 23.5 Å². The van der Waals surface area contributed by atoms with Crippen LogP contribution in [-0.4, -0.2) is 5.91 Å². The number of hydrogen-bond acceptors (Lipinski definition) is 2. The number of carbonyl (C=O) groups is 1. The zero-order valence-electron chi connectivity index (χ0n) is 16.5. The van der Waals surface area contributed by atoms with Crippen molar-refractivity contribution >= 4 is 17.5 Å². The van der Waals surface area contributed by atoms with Crippen LogP contribution in [0.5, 0.6) is 5.75 Å². The number of carbonyl (C=O) groups excluding carboxylic acids is 1. The first-order chi connectivity index (χ1) is 14.1. The molecule has 1 atom stereocenters. The van der Waals surface area contributed by atoms with Gasteiger partial charge in [0.2, 0.25) is 0 Å². The molecule has 0 radical (unpaired) electrons. The standard InChI is InChI=1S/C25H24ClNO2/c1-17(20-11-10-19-8-5-9-21(19)14-20)27-25(28)23-15-22(26)12-13-24(23)29-16-18-6-3-2-4-7-18/h2-4,6-7,10-15,17H,5,8-9,16H2,1H3,(H,27,28)/t17-/m0/s1. The Morgan fingerprint density at radius 3 is 2.66 bits per heavy atom. The van der Waals surface area contributed by atoms with Crippen LogP contribution < -0.4 is 10.1 Å². The van der Waals surface area contributed by atoms with Gasteiger partial charge in [-0.05, 0) is 66.6 Å². The molecule has 0 aromatic heterocycles. The lowest BCUT2D eigenvalue weighted by molar-refractivity contribution is 0.0935. The van der Waals surface area contributed by atoms with Crippen molar-refractivity contribution in [1.82, 2.24) is 5.32 Å².